The van der Waals surface area contributed by atoms with E-state index in [-0.39, 0.29) is 41.7 Å². The minimum atomic E-state index is -0.861. The molecule has 2 bridgehead atoms. The van der Waals surface area contributed by atoms with Crippen LogP contribution in [0.25, 0.3) is 11.0 Å². The number of amides is 1. The number of carboxylic acid groups (broad SMARTS) is 1. The molecule has 43 heavy (non-hydrogen) atoms. The molecule has 0 aromatic carbocycles. The van der Waals surface area contributed by atoms with Crippen LogP contribution in [-0.2, 0) is 27.4 Å². The van der Waals surface area contributed by atoms with Crippen molar-refractivity contribution in [3.8, 4) is 11.5 Å². The van der Waals surface area contributed by atoms with Crippen molar-refractivity contribution in [3.63, 3.8) is 0 Å². The van der Waals surface area contributed by atoms with E-state index in [4.69, 9.17) is 14.2 Å². The number of carboxylic acids is 1. The van der Waals surface area contributed by atoms with E-state index in [2.05, 4.69) is 20.6 Å². The maximum Gasteiger partial charge on any atom is 0.306 e. The third-order valence-electron chi connectivity index (χ3n) is 9.31. The fraction of sp³-hybridized carbons (Fsp3) is 0.516. The van der Waals surface area contributed by atoms with Crippen LogP contribution in [0.1, 0.15) is 51.6 Å². The molecule has 6 heterocycles. The number of aromatic nitrogens is 3. The molecule has 228 valence electrons. The normalized spacial score (nSPS) is 24.1. The molecule has 1 unspecified atom stereocenters. The van der Waals surface area contributed by atoms with Gasteiger partial charge in [-0.15, -0.1) is 0 Å². The molecule has 7 rings (SSSR count). The Morgan fingerprint density at radius 2 is 2.00 bits per heavy atom. The molecule has 2 atom stereocenters. The molecule has 3 aliphatic heterocycles. The molecular formula is C31H37N5O7. The number of carbonyl (C=O) groups is 2. The highest BCUT2D eigenvalue weighted by atomic mass is 16.5. The second kappa shape index (κ2) is 11.6. The van der Waals surface area contributed by atoms with Crippen LogP contribution in [0.3, 0.4) is 0 Å². The molecule has 1 saturated carbocycles. The van der Waals surface area contributed by atoms with Gasteiger partial charge in [-0.1, -0.05) is 13.8 Å². The highest BCUT2D eigenvalue weighted by Crippen LogP contribution is 2.46. The zero-order valence-corrected chi connectivity index (χ0v) is 24.4. The van der Waals surface area contributed by atoms with Crippen molar-refractivity contribution in [2.24, 2.45) is 11.8 Å². The molecule has 3 aromatic rings. The van der Waals surface area contributed by atoms with E-state index in [1.165, 1.54) is 6.07 Å². The van der Waals surface area contributed by atoms with Gasteiger partial charge in [-0.2, -0.15) is 0 Å². The summed E-state index contributed by atoms with van der Waals surface area (Å²) in [6.45, 7) is 5.35. The monoisotopic (exact) mass is 591 g/mol. The summed E-state index contributed by atoms with van der Waals surface area (Å²) in [5.74, 6) is -0.259. The van der Waals surface area contributed by atoms with Crippen molar-refractivity contribution in [1.82, 2.24) is 19.9 Å². The van der Waals surface area contributed by atoms with E-state index >= 15 is 0 Å². The highest BCUT2D eigenvalue weighted by Gasteiger charge is 2.49. The summed E-state index contributed by atoms with van der Waals surface area (Å²) in [5, 5.41) is 15.7. The number of aryl methyl sites for hydroxylation is 1. The zero-order chi connectivity index (χ0) is 30.2. The van der Waals surface area contributed by atoms with Gasteiger partial charge >= 0.3 is 5.97 Å². The smallest absolute Gasteiger partial charge is 0.306 e. The number of nitrogens with one attached hydrogen (secondary N) is 2. The largest absolute Gasteiger partial charge is 0.492 e. The summed E-state index contributed by atoms with van der Waals surface area (Å²) in [7, 11) is 0. The van der Waals surface area contributed by atoms with Crippen LogP contribution in [0, 0.1) is 11.8 Å². The average molecular weight is 592 g/mol. The van der Waals surface area contributed by atoms with Crippen LogP contribution in [0.2, 0.25) is 0 Å². The van der Waals surface area contributed by atoms with Crippen molar-refractivity contribution in [1.29, 1.82) is 0 Å². The van der Waals surface area contributed by atoms with Crippen LogP contribution >= 0.6 is 0 Å². The maximum absolute atomic E-state index is 13.0. The van der Waals surface area contributed by atoms with E-state index in [9.17, 15) is 19.5 Å². The van der Waals surface area contributed by atoms with Crippen molar-refractivity contribution < 1.29 is 28.9 Å². The van der Waals surface area contributed by atoms with E-state index in [0.717, 1.165) is 31.4 Å². The molecule has 4 aliphatic rings. The summed E-state index contributed by atoms with van der Waals surface area (Å²) < 4.78 is 19.5. The zero-order valence-electron chi connectivity index (χ0n) is 24.4. The van der Waals surface area contributed by atoms with Gasteiger partial charge in [0, 0.05) is 36.7 Å². The van der Waals surface area contributed by atoms with E-state index in [1.54, 1.807) is 23.8 Å². The molecule has 12 nitrogen and oxygen atoms in total. The molecule has 0 radical (unpaired) electrons. The summed E-state index contributed by atoms with van der Waals surface area (Å²) >= 11 is 0. The minimum absolute atomic E-state index is 0.00483. The lowest BCUT2D eigenvalue weighted by Gasteiger charge is -2.53. The minimum Gasteiger partial charge on any atom is -0.492 e. The maximum atomic E-state index is 13.0. The lowest BCUT2D eigenvalue weighted by Crippen LogP contribution is -2.61. The summed E-state index contributed by atoms with van der Waals surface area (Å²) in [6.07, 6.45) is 5.98. The number of aliphatic carboxylic acids is 1. The Balaban J connectivity index is 1.08. The van der Waals surface area contributed by atoms with Gasteiger partial charge < -0.3 is 34.5 Å². The van der Waals surface area contributed by atoms with Gasteiger partial charge in [-0.25, -0.2) is 4.98 Å². The number of nitrogens with zero attached hydrogens (tertiary/aromatic N) is 3. The van der Waals surface area contributed by atoms with Crippen molar-refractivity contribution in [3.05, 3.63) is 52.6 Å². The Bertz CT molecular complexity index is 1580. The first-order chi connectivity index (χ1) is 20.6. The molecule has 12 heteroatoms. The molecule has 2 saturated heterocycles. The SMILES string of the molecule is CC(C(=O)O)[C@@H](C)COc1cnc2ccc(=O)n(CCC34CCC(NCc5ccc6c(n5)NC(=O)CO6)(CC3)CO4)c2c1. The van der Waals surface area contributed by atoms with Gasteiger partial charge in [-0.05, 0) is 50.3 Å². The summed E-state index contributed by atoms with van der Waals surface area (Å²) in [6, 6.07) is 8.79. The van der Waals surface area contributed by atoms with Crippen molar-refractivity contribution in [2.45, 2.75) is 70.2 Å². The first-order valence-electron chi connectivity index (χ1n) is 14.8. The van der Waals surface area contributed by atoms with Gasteiger partial charge in [-0.3, -0.25) is 19.4 Å². The number of hydrogen-bond acceptors (Lipinski definition) is 9. The number of anilines is 1. The van der Waals surface area contributed by atoms with E-state index in [1.807, 2.05) is 25.1 Å². The number of ether oxygens (including phenoxy) is 3. The van der Waals surface area contributed by atoms with Crippen molar-refractivity contribution >= 4 is 28.7 Å². The molecule has 1 aliphatic carbocycles. The lowest BCUT2D eigenvalue weighted by molar-refractivity contribution is -0.167. The molecule has 1 amide bonds. The highest BCUT2D eigenvalue weighted by molar-refractivity contribution is 5.94. The molecular weight excluding hydrogens is 554 g/mol. The predicted molar refractivity (Wildman–Crippen MR) is 157 cm³/mol. The van der Waals surface area contributed by atoms with Crippen LogP contribution < -0.4 is 25.7 Å². The Morgan fingerprint density at radius 1 is 1.19 bits per heavy atom. The molecule has 3 N–H and O–H groups in total. The van der Waals surface area contributed by atoms with Gasteiger partial charge in [0.05, 0.1) is 47.7 Å². The number of hydrogen-bond donors (Lipinski definition) is 3. The topological polar surface area (TPSA) is 154 Å². The lowest BCUT2D eigenvalue weighted by atomic mass is 9.70. The van der Waals surface area contributed by atoms with Crippen LogP contribution in [0.15, 0.2) is 41.3 Å². The quantitative estimate of drug-likeness (QED) is 0.303. The van der Waals surface area contributed by atoms with Crippen LogP contribution in [0.5, 0.6) is 11.5 Å². The average Bonchev–Trinajstić information content (AvgIpc) is 3.02. The van der Waals surface area contributed by atoms with Gasteiger partial charge in [0.2, 0.25) is 0 Å². The number of rotatable bonds is 11. The van der Waals surface area contributed by atoms with Crippen LogP contribution in [-0.4, -0.2) is 62.5 Å². The van der Waals surface area contributed by atoms with Crippen LogP contribution in [0.4, 0.5) is 5.82 Å². The van der Waals surface area contributed by atoms with Gasteiger partial charge in [0.25, 0.3) is 11.5 Å². The number of pyridine rings is 3. The third kappa shape index (κ3) is 6.07. The second-order valence-electron chi connectivity index (χ2n) is 12.2. The number of carbonyl (C=O) groups excluding carboxylic acids is 1. The molecule has 3 aromatic heterocycles. The first-order valence-corrected chi connectivity index (χ1v) is 14.8. The first kappa shape index (κ1) is 29.1. The van der Waals surface area contributed by atoms with Crippen molar-refractivity contribution in [2.75, 3.05) is 25.1 Å². The fourth-order valence-electron chi connectivity index (χ4n) is 6.08. The van der Waals surface area contributed by atoms with Gasteiger partial charge in [0.15, 0.2) is 18.2 Å². The Morgan fingerprint density at radius 3 is 2.74 bits per heavy atom. The molecule has 0 spiro atoms. The Hall–Kier alpha value is -4.03. The fourth-order valence-corrected chi connectivity index (χ4v) is 6.08. The summed E-state index contributed by atoms with van der Waals surface area (Å²) in [4.78, 5) is 44.9. The predicted octanol–water partition coefficient (Wildman–Crippen LogP) is 3.12. The van der Waals surface area contributed by atoms with E-state index in [0.29, 0.717) is 54.5 Å². The number of fused-ring (bicyclic) bond motifs is 5. The van der Waals surface area contributed by atoms with Gasteiger partial charge in [0.1, 0.15) is 5.75 Å². The third-order valence-corrected chi connectivity index (χ3v) is 9.31. The van der Waals surface area contributed by atoms with E-state index < -0.39 is 11.9 Å². The second-order valence-corrected chi connectivity index (χ2v) is 12.2. The Kier molecular flexibility index (Phi) is 7.82. The Labute approximate surface area is 248 Å². The molecule has 3 fully saturated rings. The summed E-state index contributed by atoms with van der Waals surface area (Å²) in [5.41, 5.74) is 1.65. The standard InChI is InChI=1S/C31H37N5O7/c1-19(20(2)29(39)40)16-41-22-13-24-23(32-15-22)4-6-27(38)36(24)12-11-31-9-7-30(8-10-31,18-43-31)33-14-21-3-5-25-28(34-21)35-26(37)17-42-25/h3-6,13,15,19-20,33H,7-12,14,16-18H2,1-2H3,(H,39,40)(H,34,35,37)/t19-,20?,30?,31?/m0/s1.